The topological polar surface area (TPSA) is 84.5 Å². The van der Waals surface area contributed by atoms with Gasteiger partial charge in [-0.2, -0.15) is 0 Å². The first kappa shape index (κ1) is 18.7. The average Bonchev–Trinajstić information content (AvgIpc) is 2.64. The Hall–Kier alpha value is -1.67. The number of likely N-dealkylation sites (N-methyl/N-ethyl adjacent to an activating group) is 1. The molecular formula is C16H20N2O4S2. The maximum atomic E-state index is 11.9. The number of rotatable bonds is 6. The summed E-state index contributed by atoms with van der Waals surface area (Å²) in [6.45, 7) is -0.551. The van der Waals surface area contributed by atoms with Crippen LogP contribution in [0, 0.1) is 0 Å². The van der Waals surface area contributed by atoms with Gasteiger partial charge >= 0.3 is 5.97 Å². The third-order valence-corrected chi connectivity index (χ3v) is 6.32. The van der Waals surface area contributed by atoms with Crippen molar-refractivity contribution in [1.82, 2.24) is 10.6 Å². The Balaban J connectivity index is 1.79. The summed E-state index contributed by atoms with van der Waals surface area (Å²) in [5.41, 5.74) is 1.59. The molecule has 0 spiro atoms. The van der Waals surface area contributed by atoms with Gasteiger partial charge in [-0.05, 0) is 35.6 Å². The summed E-state index contributed by atoms with van der Waals surface area (Å²) in [6, 6.07) is 7.29. The highest BCUT2D eigenvalue weighted by atomic mass is 32.2. The van der Waals surface area contributed by atoms with Crippen LogP contribution < -0.4 is 10.6 Å². The second kappa shape index (κ2) is 9.58. The van der Waals surface area contributed by atoms with E-state index in [1.165, 1.54) is 19.0 Å². The van der Waals surface area contributed by atoms with E-state index in [1.54, 1.807) is 12.1 Å². The van der Waals surface area contributed by atoms with Gasteiger partial charge in [-0.1, -0.05) is 12.1 Å². The van der Waals surface area contributed by atoms with Gasteiger partial charge in [0, 0.05) is 7.05 Å². The van der Waals surface area contributed by atoms with E-state index in [9.17, 15) is 14.4 Å². The standard InChI is InChI=1S/C16H20N2O4S2/c1-17-13(19)9-18-14(20)10-22-15(21)11-3-5-12(6-4-11)16-23-7-2-8-24-16/h3-6,16H,2,7-10H2,1H3,(H,17,19)(H,18,20). The van der Waals surface area contributed by atoms with Gasteiger partial charge < -0.3 is 15.4 Å². The summed E-state index contributed by atoms with van der Waals surface area (Å²) < 4.78 is 5.36. The van der Waals surface area contributed by atoms with E-state index in [-0.39, 0.29) is 12.5 Å². The molecule has 1 fully saturated rings. The molecule has 0 aromatic heterocycles. The number of amides is 2. The van der Waals surface area contributed by atoms with Crippen LogP contribution in [-0.2, 0) is 14.3 Å². The number of carbonyl (C=O) groups is 3. The minimum absolute atomic E-state index is 0.141. The van der Waals surface area contributed by atoms with Crippen LogP contribution in [-0.4, -0.2) is 49.5 Å². The van der Waals surface area contributed by atoms with Crippen molar-refractivity contribution >= 4 is 41.3 Å². The second-order valence-corrected chi connectivity index (χ2v) is 7.80. The third kappa shape index (κ3) is 5.76. The zero-order valence-corrected chi connectivity index (χ0v) is 15.0. The maximum Gasteiger partial charge on any atom is 0.338 e. The number of nitrogens with one attached hydrogen (secondary N) is 2. The Morgan fingerprint density at radius 1 is 1.12 bits per heavy atom. The summed E-state index contributed by atoms with van der Waals surface area (Å²) in [4.78, 5) is 34.4. The fourth-order valence-electron chi connectivity index (χ4n) is 1.99. The smallest absolute Gasteiger partial charge is 0.338 e. The lowest BCUT2D eigenvalue weighted by Crippen LogP contribution is -2.37. The summed E-state index contributed by atoms with van der Waals surface area (Å²) in [5, 5.41) is 4.74. The molecule has 0 radical (unpaired) electrons. The lowest BCUT2D eigenvalue weighted by Gasteiger charge is -2.21. The van der Waals surface area contributed by atoms with Crippen LogP contribution in [0.15, 0.2) is 24.3 Å². The fraction of sp³-hybridized carbons (Fsp3) is 0.438. The van der Waals surface area contributed by atoms with E-state index in [4.69, 9.17) is 4.74 Å². The molecule has 2 N–H and O–H groups in total. The van der Waals surface area contributed by atoms with E-state index in [0.29, 0.717) is 10.1 Å². The zero-order chi connectivity index (χ0) is 17.4. The van der Waals surface area contributed by atoms with E-state index < -0.39 is 18.5 Å². The maximum absolute atomic E-state index is 11.9. The van der Waals surface area contributed by atoms with Crippen molar-refractivity contribution in [3.8, 4) is 0 Å². The van der Waals surface area contributed by atoms with Crippen molar-refractivity contribution in [3.63, 3.8) is 0 Å². The van der Waals surface area contributed by atoms with Gasteiger partial charge in [0.2, 0.25) is 5.91 Å². The van der Waals surface area contributed by atoms with Gasteiger partial charge in [0.05, 0.1) is 16.7 Å². The molecule has 6 nitrogen and oxygen atoms in total. The molecular weight excluding hydrogens is 348 g/mol. The van der Waals surface area contributed by atoms with Crippen LogP contribution in [0.25, 0.3) is 0 Å². The number of thioether (sulfide) groups is 2. The Morgan fingerprint density at radius 2 is 1.79 bits per heavy atom. The largest absolute Gasteiger partial charge is 0.452 e. The highest BCUT2D eigenvalue weighted by Gasteiger charge is 2.17. The average molecular weight is 368 g/mol. The number of hydrogen-bond acceptors (Lipinski definition) is 6. The molecule has 0 saturated carbocycles. The number of ether oxygens (including phenoxy) is 1. The Kier molecular flexibility index (Phi) is 7.45. The molecule has 1 aromatic rings. The molecule has 8 heteroatoms. The molecule has 24 heavy (non-hydrogen) atoms. The van der Waals surface area contributed by atoms with Crippen LogP contribution in [0.1, 0.15) is 26.9 Å². The van der Waals surface area contributed by atoms with Crippen molar-refractivity contribution in [3.05, 3.63) is 35.4 Å². The summed E-state index contributed by atoms with van der Waals surface area (Å²) in [6.07, 6.45) is 1.23. The predicted octanol–water partition coefficient (Wildman–Crippen LogP) is 1.57. The van der Waals surface area contributed by atoms with E-state index in [1.807, 2.05) is 35.7 Å². The van der Waals surface area contributed by atoms with Gasteiger partial charge in [-0.3, -0.25) is 9.59 Å². The van der Waals surface area contributed by atoms with Crippen LogP contribution in [0.5, 0.6) is 0 Å². The monoisotopic (exact) mass is 368 g/mol. The first-order chi connectivity index (χ1) is 11.6. The van der Waals surface area contributed by atoms with Crippen molar-refractivity contribution in [2.75, 3.05) is 31.7 Å². The molecule has 1 heterocycles. The van der Waals surface area contributed by atoms with Crippen LogP contribution in [0.4, 0.5) is 0 Å². The van der Waals surface area contributed by atoms with Crippen molar-refractivity contribution in [1.29, 1.82) is 0 Å². The van der Waals surface area contributed by atoms with Crippen molar-refractivity contribution in [2.24, 2.45) is 0 Å². The van der Waals surface area contributed by atoms with Crippen LogP contribution in [0.2, 0.25) is 0 Å². The van der Waals surface area contributed by atoms with Gasteiger partial charge in [0.25, 0.3) is 5.91 Å². The minimum atomic E-state index is -0.555. The zero-order valence-electron chi connectivity index (χ0n) is 13.4. The van der Waals surface area contributed by atoms with E-state index in [2.05, 4.69) is 10.6 Å². The van der Waals surface area contributed by atoms with Gasteiger partial charge in [0.1, 0.15) is 0 Å². The highest BCUT2D eigenvalue weighted by molar-refractivity contribution is 8.16. The first-order valence-corrected chi connectivity index (χ1v) is 9.67. The predicted molar refractivity (Wildman–Crippen MR) is 96.1 cm³/mol. The molecule has 2 amide bonds. The molecule has 0 aliphatic carbocycles. The molecule has 1 aromatic carbocycles. The first-order valence-electron chi connectivity index (χ1n) is 7.57. The van der Waals surface area contributed by atoms with Gasteiger partial charge in [0.15, 0.2) is 6.61 Å². The van der Waals surface area contributed by atoms with Gasteiger partial charge in [-0.15, -0.1) is 23.5 Å². The molecule has 1 aliphatic heterocycles. The SMILES string of the molecule is CNC(=O)CNC(=O)COC(=O)c1ccc(C2SCCCS2)cc1. The highest BCUT2D eigenvalue weighted by Crippen LogP contribution is 2.43. The Labute approximate surface area is 149 Å². The molecule has 0 atom stereocenters. The number of esters is 1. The minimum Gasteiger partial charge on any atom is -0.452 e. The molecule has 0 unspecified atom stereocenters. The second-order valence-electron chi connectivity index (χ2n) is 5.08. The quantitative estimate of drug-likeness (QED) is 0.742. The van der Waals surface area contributed by atoms with Crippen molar-refractivity contribution in [2.45, 2.75) is 11.0 Å². The van der Waals surface area contributed by atoms with E-state index >= 15 is 0 Å². The van der Waals surface area contributed by atoms with Crippen molar-refractivity contribution < 1.29 is 19.1 Å². The summed E-state index contributed by atoms with van der Waals surface area (Å²) in [7, 11) is 1.47. The number of carbonyl (C=O) groups excluding carboxylic acids is 3. The summed E-state index contributed by atoms with van der Waals surface area (Å²) in [5.74, 6) is 0.932. The van der Waals surface area contributed by atoms with Crippen LogP contribution >= 0.6 is 23.5 Å². The van der Waals surface area contributed by atoms with E-state index in [0.717, 1.165) is 11.5 Å². The van der Waals surface area contributed by atoms with Gasteiger partial charge in [-0.25, -0.2) is 4.79 Å². The Morgan fingerprint density at radius 3 is 2.42 bits per heavy atom. The lowest BCUT2D eigenvalue weighted by atomic mass is 10.1. The molecule has 1 saturated heterocycles. The normalized spacial score (nSPS) is 14.7. The number of hydrogen-bond donors (Lipinski definition) is 2. The lowest BCUT2D eigenvalue weighted by molar-refractivity contribution is -0.127. The van der Waals surface area contributed by atoms with Crippen LogP contribution in [0.3, 0.4) is 0 Å². The molecule has 130 valence electrons. The molecule has 0 bridgehead atoms. The fourth-order valence-corrected chi connectivity index (χ4v) is 4.88. The summed E-state index contributed by atoms with van der Waals surface area (Å²) >= 11 is 3.83. The molecule has 2 rings (SSSR count). The third-order valence-electron chi connectivity index (χ3n) is 3.30. The number of benzene rings is 1. The Bertz CT molecular complexity index is 586. The molecule has 1 aliphatic rings.